The fraction of sp³-hybridized carbons (Fsp3) is 0.423. The number of hydrogen-bond acceptors (Lipinski definition) is 5. The van der Waals surface area contributed by atoms with Crippen LogP contribution in [0, 0.1) is 5.92 Å². The van der Waals surface area contributed by atoms with Crippen molar-refractivity contribution in [2.75, 3.05) is 11.9 Å². The van der Waals surface area contributed by atoms with Gasteiger partial charge in [0.1, 0.15) is 16.9 Å². The minimum Gasteiger partial charge on any atom is -0.487 e. The molecule has 2 N–H and O–H groups in total. The van der Waals surface area contributed by atoms with Gasteiger partial charge in [-0.2, -0.15) is 5.10 Å². The van der Waals surface area contributed by atoms with Crippen molar-refractivity contribution in [1.29, 1.82) is 0 Å². The van der Waals surface area contributed by atoms with Crippen LogP contribution in [-0.4, -0.2) is 32.7 Å². The molecule has 1 amide bonds. The molecule has 33 heavy (non-hydrogen) atoms. The molecule has 0 unspecified atom stereocenters. The Morgan fingerprint density at radius 2 is 2.21 bits per heavy atom. The number of aromatic nitrogens is 3. The predicted molar refractivity (Wildman–Crippen MR) is 127 cm³/mol. The first-order valence-corrected chi connectivity index (χ1v) is 11.8. The largest absolute Gasteiger partial charge is 0.487 e. The van der Waals surface area contributed by atoms with Gasteiger partial charge in [0.15, 0.2) is 5.65 Å². The summed E-state index contributed by atoms with van der Waals surface area (Å²) < 4.78 is 7.80. The fourth-order valence-electron chi connectivity index (χ4n) is 5.10. The first kappa shape index (κ1) is 20.3. The van der Waals surface area contributed by atoms with Crippen molar-refractivity contribution in [3.05, 3.63) is 65.3 Å². The number of benzene rings is 1. The smallest absolute Gasteiger partial charge is 0.261 e. The topological polar surface area (TPSA) is 80.6 Å². The molecule has 4 heterocycles. The van der Waals surface area contributed by atoms with Gasteiger partial charge in [-0.1, -0.05) is 6.58 Å². The third-order valence-electron chi connectivity index (χ3n) is 6.85. The number of ether oxygens (including phenoxy) is 1. The molecule has 0 radical (unpaired) electrons. The van der Waals surface area contributed by atoms with Gasteiger partial charge in [-0.05, 0) is 75.1 Å². The van der Waals surface area contributed by atoms with Crippen molar-refractivity contribution in [3.63, 3.8) is 0 Å². The van der Waals surface area contributed by atoms with E-state index in [1.807, 2.05) is 12.3 Å². The molecule has 0 bridgehead atoms. The van der Waals surface area contributed by atoms with E-state index in [4.69, 9.17) is 9.72 Å². The van der Waals surface area contributed by atoms with Crippen LogP contribution >= 0.6 is 0 Å². The van der Waals surface area contributed by atoms with Crippen LogP contribution in [0.15, 0.2) is 42.9 Å². The molecule has 3 aromatic rings. The van der Waals surface area contributed by atoms with Gasteiger partial charge in [0, 0.05) is 41.8 Å². The molecule has 0 spiro atoms. The van der Waals surface area contributed by atoms with Crippen LogP contribution in [0.4, 0.5) is 5.69 Å². The lowest BCUT2D eigenvalue weighted by Crippen LogP contribution is -2.24. The maximum absolute atomic E-state index is 13.4. The normalized spacial score (nSPS) is 21.0. The molecule has 7 nitrogen and oxygen atoms in total. The summed E-state index contributed by atoms with van der Waals surface area (Å²) in [6.07, 6.45) is 8.43. The van der Waals surface area contributed by atoms with Gasteiger partial charge in [0.2, 0.25) is 0 Å². The van der Waals surface area contributed by atoms with Gasteiger partial charge in [-0.15, -0.1) is 0 Å². The summed E-state index contributed by atoms with van der Waals surface area (Å²) >= 11 is 0. The van der Waals surface area contributed by atoms with E-state index in [1.165, 1.54) is 5.56 Å². The Morgan fingerprint density at radius 1 is 1.36 bits per heavy atom. The zero-order chi connectivity index (χ0) is 22.7. The van der Waals surface area contributed by atoms with Crippen LogP contribution < -0.4 is 15.4 Å². The molecular formula is C26H29N5O2. The van der Waals surface area contributed by atoms with E-state index < -0.39 is 0 Å². The number of nitrogens with one attached hydrogen (secondary N) is 2. The van der Waals surface area contributed by atoms with Gasteiger partial charge in [0.25, 0.3) is 5.91 Å². The standard InChI is InChI=1S/C26H29N5O2/c1-15-8-16(13-27-15)9-19-6-7-31-24(29-19)21(14-28-31)25(32)30-22-10-18-12-26(2,3)33-23(18)11-20(22)17-4-5-17/h6-7,10-11,14,16-17,27H,1,4-5,8-9,12-13H2,2-3H3,(H,30,32)/t16-/m0/s1. The van der Waals surface area contributed by atoms with Crippen LogP contribution in [0.25, 0.3) is 5.65 Å². The van der Waals surface area contributed by atoms with E-state index in [0.717, 1.165) is 67.0 Å². The van der Waals surface area contributed by atoms with E-state index in [1.54, 1.807) is 10.7 Å². The highest BCUT2D eigenvalue weighted by atomic mass is 16.5. The monoisotopic (exact) mass is 443 g/mol. The molecular weight excluding hydrogens is 414 g/mol. The molecule has 3 aliphatic rings. The van der Waals surface area contributed by atoms with Crippen LogP contribution in [0.1, 0.15) is 66.2 Å². The lowest BCUT2D eigenvalue weighted by atomic mass is 9.98. The van der Waals surface area contributed by atoms with E-state index in [2.05, 4.69) is 48.3 Å². The second-order valence-electron chi connectivity index (χ2n) is 10.3. The minimum atomic E-state index is -0.213. The maximum Gasteiger partial charge on any atom is 0.261 e. The van der Waals surface area contributed by atoms with Crippen molar-refractivity contribution >= 4 is 17.2 Å². The van der Waals surface area contributed by atoms with Crippen molar-refractivity contribution in [1.82, 2.24) is 19.9 Å². The Balaban J connectivity index is 1.28. The van der Waals surface area contributed by atoms with Gasteiger partial charge in [0.05, 0.1) is 6.20 Å². The average molecular weight is 444 g/mol. The third kappa shape index (κ3) is 3.86. The Bertz CT molecular complexity index is 1290. The summed E-state index contributed by atoms with van der Waals surface area (Å²) in [4.78, 5) is 18.1. The zero-order valence-corrected chi connectivity index (χ0v) is 19.1. The van der Waals surface area contributed by atoms with Gasteiger partial charge in [-0.3, -0.25) is 4.79 Å². The number of nitrogens with zero attached hydrogens (tertiary/aromatic N) is 3. The van der Waals surface area contributed by atoms with Crippen LogP contribution in [0.3, 0.4) is 0 Å². The van der Waals surface area contributed by atoms with Crippen molar-refractivity contribution < 1.29 is 9.53 Å². The second-order valence-corrected chi connectivity index (χ2v) is 10.3. The Morgan fingerprint density at radius 3 is 2.97 bits per heavy atom. The number of amides is 1. The molecule has 2 fully saturated rings. The Hall–Kier alpha value is -3.35. The number of hydrogen-bond donors (Lipinski definition) is 2. The summed E-state index contributed by atoms with van der Waals surface area (Å²) in [7, 11) is 0. The SMILES string of the molecule is C=C1C[C@@H](Cc2ccn3ncc(C(=O)Nc4cc5c(cc4C4CC4)OC(C)(C)C5)c3n2)CN1. The number of carbonyl (C=O) groups is 1. The number of rotatable bonds is 5. The van der Waals surface area contributed by atoms with Crippen molar-refractivity contribution in [3.8, 4) is 5.75 Å². The van der Waals surface area contributed by atoms with E-state index in [9.17, 15) is 4.79 Å². The highest BCUT2D eigenvalue weighted by Crippen LogP contribution is 2.48. The lowest BCUT2D eigenvalue weighted by molar-refractivity contribution is 0.102. The molecule has 170 valence electrons. The summed E-state index contributed by atoms with van der Waals surface area (Å²) in [5, 5.41) is 10.8. The molecule has 1 saturated heterocycles. The molecule has 7 heteroatoms. The van der Waals surface area contributed by atoms with Gasteiger partial charge < -0.3 is 15.4 Å². The quantitative estimate of drug-likeness (QED) is 0.617. The fourth-order valence-corrected chi connectivity index (χ4v) is 5.10. The lowest BCUT2D eigenvalue weighted by Gasteiger charge is -2.17. The predicted octanol–water partition coefficient (Wildman–Crippen LogP) is 4.24. The summed E-state index contributed by atoms with van der Waals surface area (Å²) in [5.41, 5.74) is 6.11. The Kier molecular flexibility index (Phi) is 4.50. The van der Waals surface area contributed by atoms with Crippen molar-refractivity contribution in [2.24, 2.45) is 5.92 Å². The number of carbonyl (C=O) groups excluding carboxylic acids is 1. The molecule has 2 aromatic heterocycles. The van der Waals surface area contributed by atoms with E-state index in [0.29, 0.717) is 23.0 Å². The molecule has 1 aromatic carbocycles. The summed E-state index contributed by atoms with van der Waals surface area (Å²) in [6, 6.07) is 6.21. The highest BCUT2D eigenvalue weighted by Gasteiger charge is 2.34. The van der Waals surface area contributed by atoms with E-state index >= 15 is 0 Å². The molecule has 1 atom stereocenters. The third-order valence-corrected chi connectivity index (χ3v) is 6.85. The number of allylic oxidation sites excluding steroid dienone is 1. The minimum absolute atomic E-state index is 0.175. The summed E-state index contributed by atoms with van der Waals surface area (Å²) in [5.74, 6) is 1.74. The molecule has 6 rings (SSSR count). The highest BCUT2D eigenvalue weighted by molar-refractivity contribution is 6.08. The number of anilines is 1. The van der Waals surface area contributed by atoms with Crippen LogP contribution in [0.5, 0.6) is 5.75 Å². The summed E-state index contributed by atoms with van der Waals surface area (Å²) in [6.45, 7) is 9.13. The molecule has 1 aliphatic carbocycles. The second kappa shape index (κ2) is 7.33. The first-order chi connectivity index (χ1) is 15.8. The zero-order valence-electron chi connectivity index (χ0n) is 19.1. The molecule has 1 saturated carbocycles. The van der Waals surface area contributed by atoms with Gasteiger partial charge >= 0.3 is 0 Å². The number of fused-ring (bicyclic) bond motifs is 2. The van der Waals surface area contributed by atoms with E-state index in [-0.39, 0.29) is 11.5 Å². The van der Waals surface area contributed by atoms with Crippen LogP contribution in [-0.2, 0) is 12.8 Å². The van der Waals surface area contributed by atoms with Crippen molar-refractivity contribution in [2.45, 2.75) is 57.5 Å². The first-order valence-electron chi connectivity index (χ1n) is 11.8. The maximum atomic E-state index is 13.4. The average Bonchev–Trinajstić information content (AvgIpc) is 3.26. The molecule has 2 aliphatic heterocycles. The van der Waals surface area contributed by atoms with Crippen LogP contribution in [0.2, 0.25) is 0 Å². The Labute approximate surface area is 193 Å². The van der Waals surface area contributed by atoms with Gasteiger partial charge in [-0.25, -0.2) is 9.50 Å².